The molecule has 0 unspecified atom stereocenters. The first kappa shape index (κ1) is 19.6. The third-order valence-electron chi connectivity index (χ3n) is 5.34. The zero-order chi connectivity index (χ0) is 20.9. The van der Waals surface area contributed by atoms with Crippen molar-refractivity contribution in [3.63, 3.8) is 0 Å². The van der Waals surface area contributed by atoms with Crippen LogP contribution in [0.25, 0.3) is 0 Å². The zero-order valence-corrected chi connectivity index (χ0v) is 17.2. The predicted molar refractivity (Wildman–Crippen MR) is 118 cm³/mol. The molecule has 1 aliphatic heterocycles. The Labute approximate surface area is 176 Å². The van der Waals surface area contributed by atoms with Crippen LogP contribution in [0.2, 0.25) is 0 Å². The molecule has 0 spiro atoms. The Morgan fingerprint density at radius 1 is 0.933 bits per heavy atom. The topological polar surface area (TPSA) is 86.3 Å². The molecule has 0 radical (unpaired) electrons. The van der Waals surface area contributed by atoms with Gasteiger partial charge in [0.05, 0.1) is 0 Å². The van der Waals surface area contributed by atoms with Gasteiger partial charge in [0.15, 0.2) is 11.6 Å². The van der Waals surface area contributed by atoms with Crippen LogP contribution in [-0.4, -0.2) is 52.3 Å². The van der Waals surface area contributed by atoms with Gasteiger partial charge in [-0.25, -0.2) is 4.79 Å². The van der Waals surface area contributed by atoms with Crippen molar-refractivity contribution in [1.29, 1.82) is 0 Å². The third kappa shape index (κ3) is 4.48. The second-order valence-corrected chi connectivity index (χ2v) is 7.29. The van der Waals surface area contributed by atoms with E-state index in [2.05, 4.69) is 30.7 Å². The lowest BCUT2D eigenvalue weighted by Gasteiger charge is -2.35. The summed E-state index contributed by atoms with van der Waals surface area (Å²) in [7, 11) is 0. The molecule has 3 heterocycles. The number of aryl methyl sites for hydroxylation is 1. The standard InChI is InChI=1S/C22H25N7O/c1-16-4-3-5-19(17(16)2)25-22(30)29-14-12-28(13-15-29)21-7-6-20(26-27-21)24-18-8-10-23-11-9-18/h3-11H,12-15H2,1-2H3,(H,25,30)(H,23,24,26). The van der Waals surface area contributed by atoms with Gasteiger partial charge in [0.2, 0.25) is 0 Å². The average molecular weight is 403 g/mol. The number of piperazine rings is 1. The second-order valence-electron chi connectivity index (χ2n) is 7.29. The van der Waals surface area contributed by atoms with E-state index in [1.165, 1.54) is 0 Å². The number of anilines is 4. The molecule has 0 aliphatic carbocycles. The Morgan fingerprint density at radius 3 is 2.40 bits per heavy atom. The van der Waals surface area contributed by atoms with E-state index < -0.39 is 0 Å². The molecule has 8 nitrogen and oxygen atoms in total. The molecule has 0 bridgehead atoms. The molecule has 8 heteroatoms. The first-order valence-electron chi connectivity index (χ1n) is 9.98. The van der Waals surface area contributed by atoms with E-state index in [9.17, 15) is 4.79 Å². The van der Waals surface area contributed by atoms with Crippen molar-refractivity contribution in [2.75, 3.05) is 41.7 Å². The van der Waals surface area contributed by atoms with E-state index in [-0.39, 0.29) is 6.03 Å². The van der Waals surface area contributed by atoms with E-state index >= 15 is 0 Å². The maximum Gasteiger partial charge on any atom is 0.321 e. The van der Waals surface area contributed by atoms with Crippen LogP contribution >= 0.6 is 0 Å². The molecule has 3 aromatic rings. The number of hydrogen-bond acceptors (Lipinski definition) is 6. The number of carbonyl (C=O) groups excluding carboxylic acids is 1. The van der Waals surface area contributed by atoms with Crippen molar-refractivity contribution in [1.82, 2.24) is 20.1 Å². The summed E-state index contributed by atoms with van der Waals surface area (Å²) in [6.45, 7) is 6.76. The molecule has 4 rings (SSSR count). The second kappa shape index (κ2) is 8.77. The number of pyridine rings is 1. The fraction of sp³-hybridized carbons (Fsp3) is 0.273. The summed E-state index contributed by atoms with van der Waals surface area (Å²) in [5.74, 6) is 1.49. The van der Waals surface area contributed by atoms with Crippen LogP contribution in [0, 0.1) is 13.8 Å². The normalized spacial score (nSPS) is 13.8. The van der Waals surface area contributed by atoms with Gasteiger partial charge in [0.25, 0.3) is 0 Å². The number of carbonyl (C=O) groups is 1. The van der Waals surface area contributed by atoms with Crippen LogP contribution in [0.15, 0.2) is 54.9 Å². The first-order chi connectivity index (χ1) is 14.6. The smallest absolute Gasteiger partial charge is 0.321 e. The molecule has 2 amide bonds. The Hall–Kier alpha value is -3.68. The maximum absolute atomic E-state index is 12.6. The summed E-state index contributed by atoms with van der Waals surface area (Å²) in [6, 6.07) is 13.5. The number of hydrogen-bond donors (Lipinski definition) is 2. The maximum atomic E-state index is 12.6. The molecule has 1 saturated heterocycles. The zero-order valence-electron chi connectivity index (χ0n) is 17.2. The Morgan fingerprint density at radius 2 is 1.70 bits per heavy atom. The summed E-state index contributed by atoms with van der Waals surface area (Å²) in [4.78, 5) is 20.6. The highest BCUT2D eigenvalue weighted by Gasteiger charge is 2.22. The number of nitrogens with zero attached hydrogens (tertiary/aromatic N) is 5. The minimum atomic E-state index is -0.0636. The molecule has 154 valence electrons. The fourth-order valence-corrected chi connectivity index (χ4v) is 3.36. The number of amides is 2. The van der Waals surface area contributed by atoms with Crippen LogP contribution in [0.1, 0.15) is 11.1 Å². The lowest BCUT2D eigenvalue weighted by atomic mass is 10.1. The van der Waals surface area contributed by atoms with Gasteiger partial charge in [-0.2, -0.15) is 0 Å². The minimum absolute atomic E-state index is 0.0636. The number of benzene rings is 1. The van der Waals surface area contributed by atoms with Crippen LogP contribution in [0.5, 0.6) is 0 Å². The number of urea groups is 1. The van der Waals surface area contributed by atoms with Gasteiger partial charge >= 0.3 is 6.03 Å². The molecule has 2 N–H and O–H groups in total. The monoisotopic (exact) mass is 403 g/mol. The Bertz CT molecular complexity index is 1000. The number of aromatic nitrogens is 3. The summed E-state index contributed by atoms with van der Waals surface area (Å²) in [6.07, 6.45) is 3.44. The number of nitrogens with one attached hydrogen (secondary N) is 2. The van der Waals surface area contributed by atoms with E-state index in [1.807, 2.05) is 61.2 Å². The third-order valence-corrected chi connectivity index (χ3v) is 5.34. The molecule has 2 aromatic heterocycles. The lowest BCUT2D eigenvalue weighted by Crippen LogP contribution is -2.50. The Kier molecular flexibility index (Phi) is 5.74. The van der Waals surface area contributed by atoms with Crippen LogP contribution in [0.4, 0.5) is 27.8 Å². The van der Waals surface area contributed by atoms with Gasteiger partial charge in [-0.15, -0.1) is 10.2 Å². The van der Waals surface area contributed by atoms with Crippen molar-refractivity contribution < 1.29 is 4.79 Å². The van der Waals surface area contributed by atoms with E-state index in [1.54, 1.807) is 12.4 Å². The molecule has 1 aromatic carbocycles. The highest BCUT2D eigenvalue weighted by Crippen LogP contribution is 2.20. The molecule has 1 aliphatic rings. The first-order valence-corrected chi connectivity index (χ1v) is 9.98. The minimum Gasteiger partial charge on any atom is -0.352 e. The van der Waals surface area contributed by atoms with Crippen molar-refractivity contribution >= 4 is 29.0 Å². The van der Waals surface area contributed by atoms with Gasteiger partial charge in [0.1, 0.15) is 0 Å². The molecular weight excluding hydrogens is 378 g/mol. The van der Waals surface area contributed by atoms with Gasteiger partial charge in [0, 0.05) is 49.9 Å². The van der Waals surface area contributed by atoms with Crippen molar-refractivity contribution in [3.05, 3.63) is 66.0 Å². The summed E-state index contributed by atoms with van der Waals surface area (Å²) >= 11 is 0. The summed E-state index contributed by atoms with van der Waals surface area (Å²) < 4.78 is 0. The van der Waals surface area contributed by atoms with Crippen molar-refractivity contribution in [2.45, 2.75) is 13.8 Å². The van der Waals surface area contributed by atoms with Gasteiger partial charge in [-0.3, -0.25) is 4.98 Å². The quantitative estimate of drug-likeness (QED) is 0.692. The van der Waals surface area contributed by atoms with E-state index in [4.69, 9.17) is 0 Å². The molecular formula is C22H25N7O. The average Bonchev–Trinajstić information content (AvgIpc) is 2.78. The van der Waals surface area contributed by atoms with Crippen LogP contribution in [0.3, 0.4) is 0 Å². The van der Waals surface area contributed by atoms with Crippen molar-refractivity contribution in [3.8, 4) is 0 Å². The largest absolute Gasteiger partial charge is 0.352 e. The summed E-state index contributed by atoms with van der Waals surface area (Å²) in [5.41, 5.74) is 4.04. The van der Waals surface area contributed by atoms with Gasteiger partial charge in [-0.05, 0) is 55.3 Å². The van der Waals surface area contributed by atoms with Crippen LogP contribution in [-0.2, 0) is 0 Å². The number of rotatable bonds is 4. The SMILES string of the molecule is Cc1cccc(NC(=O)N2CCN(c3ccc(Nc4ccncc4)nn3)CC2)c1C. The molecule has 30 heavy (non-hydrogen) atoms. The molecule has 1 fully saturated rings. The van der Waals surface area contributed by atoms with E-state index in [0.717, 1.165) is 28.3 Å². The van der Waals surface area contributed by atoms with Crippen molar-refractivity contribution in [2.24, 2.45) is 0 Å². The molecule has 0 atom stereocenters. The fourth-order valence-electron chi connectivity index (χ4n) is 3.36. The summed E-state index contributed by atoms with van der Waals surface area (Å²) in [5, 5.41) is 14.8. The molecule has 0 saturated carbocycles. The lowest BCUT2D eigenvalue weighted by molar-refractivity contribution is 0.208. The van der Waals surface area contributed by atoms with E-state index in [0.29, 0.717) is 32.0 Å². The van der Waals surface area contributed by atoms with Gasteiger partial charge < -0.3 is 20.4 Å². The Balaban J connectivity index is 1.32. The van der Waals surface area contributed by atoms with Crippen LogP contribution < -0.4 is 15.5 Å². The highest BCUT2D eigenvalue weighted by atomic mass is 16.2. The van der Waals surface area contributed by atoms with Gasteiger partial charge in [-0.1, -0.05) is 12.1 Å². The highest BCUT2D eigenvalue weighted by molar-refractivity contribution is 5.90. The predicted octanol–water partition coefficient (Wildman–Crippen LogP) is 3.59.